The molecule has 0 aliphatic carbocycles. The fourth-order valence-electron chi connectivity index (χ4n) is 1.99. The number of Topliss-reactive ketones (excluding diaryl/α,β-unsaturated/α-hetero) is 1. The Labute approximate surface area is 150 Å². The topological polar surface area (TPSA) is 72.5 Å². The van der Waals surface area contributed by atoms with Crippen molar-refractivity contribution in [2.75, 3.05) is 11.9 Å². The molecule has 0 saturated heterocycles. The van der Waals surface area contributed by atoms with Gasteiger partial charge in [0.05, 0.1) is 0 Å². The van der Waals surface area contributed by atoms with E-state index in [0.717, 1.165) is 5.56 Å². The number of carbonyl (C=O) groups excluding carboxylic acids is 3. The monoisotopic (exact) mass is 357 g/mol. The van der Waals surface area contributed by atoms with Crippen molar-refractivity contribution in [1.29, 1.82) is 0 Å². The molecule has 5 nitrogen and oxygen atoms in total. The minimum absolute atomic E-state index is 0.195. The van der Waals surface area contributed by atoms with Crippen molar-refractivity contribution < 1.29 is 19.1 Å². The van der Waals surface area contributed by atoms with E-state index < -0.39 is 5.97 Å². The van der Waals surface area contributed by atoms with E-state index in [4.69, 9.17) is 16.3 Å². The average Bonchev–Trinajstić information content (AvgIpc) is 2.58. The largest absolute Gasteiger partial charge is 0.454 e. The zero-order valence-corrected chi connectivity index (χ0v) is 14.2. The highest BCUT2D eigenvalue weighted by Crippen LogP contribution is 2.12. The van der Waals surface area contributed by atoms with Crippen LogP contribution >= 0.6 is 11.6 Å². The van der Waals surface area contributed by atoms with Crippen molar-refractivity contribution >= 4 is 41.0 Å². The molecule has 2 aromatic rings. The maximum Gasteiger partial charge on any atom is 0.331 e. The first-order chi connectivity index (χ1) is 11.9. The molecule has 2 aromatic carbocycles. The van der Waals surface area contributed by atoms with Gasteiger partial charge >= 0.3 is 5.97 Å². The van der Waals surface area contributed by atoms with E-state index in [1.165, 1.54) is 13.0 Å². The van der Waals surface area contributed by atoms with Gasteiger partial charge in [-0.15, -0.1) is 0 Å². The first-order valence-electron chi connectivity index (χ1n) is 7.45. The Morgan fingerprint density at radius 2 is 1.84 bits per heavy atom. The molecule has 128 valence electrons. The van der Waals surface area contributed by atoms with Gasteiger partial charge in [-0.2, -0.15) is 0 Å². The summed E-state index contributed by atoms with van der Waals surface area (Å²) in [7, 11) is 0. The average molecular weight is 358 g/mol. The van der Waals surface area contributed by atoms with E-state index in [9.17, 15) is 14.4 Å². The van der Waals surface area contributed by atoms with Crippen molar-refractivity contribution in [3.63, 3.8) is 0 Å². The van der Waals surface area contributed by atoms with Gasteiger partial charge < -0.3 is 10.1 Å². The van der Waals surface area contributed by atoms with Crippen LogP contribution in [0.2, 0.25) is 5.02 Å². The first kappa shape index (κ1) is 18.4. The number of rotatable bonds is 6. The maximum absolute atomic E-state index is 12.0. The first-order valence-corrected chi connectivity index (χ1v) is 7.83. The van der Waals surface area contributed by atoms with Crippen LogP contribution in [0.5, 0.6) is 0 Å². The van der Waals surface area contributed by atoms with Crippen molar-refractivity contribution in [3.8, 4) is 0 Å². The highest BCUT2D eigenvalue weighted by atomic mass is 35.5. The summed E-state index contributed by atoms with van der Waals surface area (Å²) in [5.41, 5.74) is 1.73. The molecule has 0 aromatic heterocycles. The summed E-state index contributed by atoms with van der Waals surface area (Å²) in [6.07, 6.45) is 2.79. The third kappa shape index (κ3) is 6.24. The lowest BCUT2D eigenvalue weighted by Crippen LogP contribution is -2.13. The highest BCUT2D eigenvalue weighted by molar-refractivity contribution is 6.30. The zero-order chi connectivity index (χ0) is 18.2. The lowest BCUT2D eigenvalue weighted by Gasteiger charge is -2.04. The van der Waals surface area contributed by atoms with Gasteiger partial charge in [0.2, 0.25) is 5.91 Å². The van der Waals surface area contributed by atoms with Gasteiger partial charge in [0.1, 0.15) is 0 Å². The third-order valence-corrected chi connectivity index (χ3v) is 3.37. The molecule has 0 radical (unpaired) electrons. The minimum Gasteiger partial charge on any atom is -0.454 e. The number of esters is 1. The normalized spacial score (nSPS) is 10.5. The number of ether oxygens (including phenoxy) is 1. The molecule has 6 heteroatoms. The molecule has 25 heavy (non-hydrogen) atoms. The number of amides is 1. The van der Waals surface area contributed by atoms with Crippen LogP contribution in [0, 0.1) is 0 Å². The molecule has 1 N–H and O–H groups in total. The number of hydrogen-bond donors (Lipinski definition) is 1. The van der Waals surface area contributed by atoms with Crippen LogP contribution in [0.1, 0.15) is 22.8 Å². The fraction of sp³-hybridized carbons (Fsp3) is 0.105. The van der Waals surface area contributed by atoms with E-state index >= 15 is 0 Å². The van der Waals surface area contributed by atoms with Crippen LogP contribution in [0.25, 0.3) is 6.08 Å². The number of hydrogen-bond acceptors (Lipinski definition) is 4. The predicted octanol–water partition coefficient (Wildman–Crippen LogP) is 3.74. The molecule has 0 saturated carbocycles. The molecule has 0 unspecified atom stereocenters. The Morgan fingerprint density at radius 1 is 1.12 bits per heavy atom. The summed E-state index contributed by atoms with van der Waals surface area (Å²) in [6.45, 7) is 1.04. The van der Waals surface area contributed by atoms with E-state index in [-0.39, 0.29) is 18.3 Å². The number of anilines is 1. The Hall–Kier alpha value is -2.92. The number of nitrogens with one attached hydrogen (secondary N) is 1. The Bertz CT molecular complexity index is 812. The van der Waals surface area contributed by atoms with Gasteiger partial charge in [-0.3, -0.25) is 9.59 Å². The fourth-order valence-corrected chi connectivity index (χ4v) is 2.18. The van der Waals surface area contributed by atoms with Gasteiger partial charge in [-0.25, -0.2) is 4.79 Å². The lowest BCUT2D eigenvalue weighted by molar-refractivity contribution is -0.136. The summed E-state index contributed by atoms with van der Waals surface area (Å²) >= 11 is 5.85. The van der Waals surface area contributed by atoms with Crippen LogP contribution in [-0.2, 0) is 14.3 Å². The van der Waals surface area contributed by atoms with Gasteiger partial charge in [-0.1, -0.05) is 23.7 Å². The number of ketones is 1. The Balaban J connectivity index is 1.86. The Morgan fingerprint density at radius 3 is 2.48 bits per heavy atom. The molecule has 0 fully saturated rings. The van der Waals surface area contributed by atoms with Crippen LogP contribution < -0.4 is 5.32 Å². The molecular formula is C19H16ClNO4. The molecule has 0 heterocycles. The second kappa shape index (κ2) is 8.80. The van der Waals surface area contributed by atoms with Crippen LogP contribution in [-0.4, -0.2) is 24.3 Å². The number of halogens is 1. The summed E-state index contributed by atoms with van der Waals surface area (Å²) in [6, 6.07) is 13.3. The molecule has 1 amide bonds. The number of carbonyl (C=O) groups is 3. The SMILES string of the molecule is CC(=O)Nc1ccc(C(=O)COC(=O)/C=C/c2cccc(Cl)c2)cc1. The van der Waals surface area contributed by atoms with Crippen molar-refractivity contribution in [1.82, 2.24) is 0 Å². The predicted molar refractivity (Wildman–Crippen MR) is 96.5 cm³/mol. The number of benzene rings is 2. The van der Waals surface area contributed by atoms with Crippen LogP contribution in [0.4, 0.5) is 5.69 Å². The molecule has 2 rings (SSSR count). The van der Waals surface area contributed by atoms with Crippen molar-refractivity contribution in [2.45, 2.75) is 6.92 Å². The zero-order valence-electron chi connectivity index (χ0n) is 13.5. The molecule has 0 spiro atoms. The Kier molecular flexibility index (Phi) is 6.48. The quantitative estimate of drug-likeness (QED) is 0.485. The summed E-state index contributed by atoms with van der Waals surface area (Å²) in [5, 5.41) is 3.17. The second-order valence-electron chi connectivity index (χ2n) is 5.18. The van der Waals surface area contributed by atoms with Gasteiger partial charge in [0, 0.05) is 29.3 Å². The minimum atomic E-state index is -0.622. The summed E-state index contributed by atoms with van der Waals surface area (Å²) < 4.78 is 4.93. The maximum atomic E-state index is 12.0. The van der Waals surface area contributed by atoms with Gasteiger partial charge in [-0.05, 0) is 48.0 Å². The van der Waals surface area contributed by atoms with Crippen molar-refractivity contribution in [2.24, 2.45) is 0 Å². The van der Waals surface area contributed by atoms with E-state index in [2.05, 4.69) is 5.32 Å². The lowest BCUT2D eigenvalue weighted by atomic mass is 10.1. The van der Waals surface area contributed by atoms with Gasteiger partial charge in [0.25, 0.3) is 0 Å². The second-order valence-corrected chi connectivity index (χ2v) is 5.61. The van der Waals surface area contributed by atoms with Crippen LogP contribution in [0.3, 0.4) is 0 Å². The van der Waals surface area contributed by atoms with E-state index in [0.29, 0.717) is 16.3 Å². The third-order valence-electron chi connectivity index (χ3n) is 3.13. The van der Waals surface area contributed by atoms with Crippen LogP contribution in [0.15, 0.2) is 54.6 Å². The summed E-state index contributed by atoms with van der Waals surface area (Å²) in [4.78, 5) is 34.6. The molecule has 0 bridgehead atoms. The molecule has 0 aliphatic rings. The summed E-state index contributed by atoms with van der Waals surface area (Å²) in [5.74, 6) is -1.15. The van der Waals surface area contributed by atoms with Crippen molar-refractivity contribution in [3.05, 3.63) is 70.8 Å². The van der Waals surface area contributed by atoms with E-state index in [1.807, 2.05) is 0 Å². The molecule has 0 aliphatic heterocycles. The molecule has 0 atom stereocenters. The smallest absolute Gasteiger partial charge is 0.331 e. The highest BCUT2D eigenvalue weighted by Gasteiger charge is 2.08. The van der Waals surface area contributed by atoms with E-state index in [1.54, 1.807) is 54.6 Å². The standard InChI is InChI=1S/C19H16ClNO4/c1-13(22)21-17-8-6-15(7-9-17)18(23)12-25-19(24)10-5-14-3-2-4-16(20)11-14/h2-11H,12H2,1H3,(H,21,22)/b10-5+. The molecular weight excluding hydrogens is 342 g/mol. The van der Waals surface area contributed by atoms with Gasteiger partial charge in [0.15, 0.2) is 12.4 Å².